The molecule has 1 rings (SSSR count). The molecular weight excluding hydrogens is 234 g/mol. The number of rotatable bonds is 7. The second-order valence-corrected chi connectivity index (χ2v) is 4.96. The zero-order valence-corrected chi connectivity index (χ0v) is 11.4. The van der Waals surface area contributed by atoms with Gasteiger partial charge in [0.05, 0.1) is 0 Å². The van der Waals surface area contributed by atoms with Crippen LogP contribution in [-0.2, 0) is 0 Å². The molecule has 0 aliphatic carbocycles. The molecule has 0 aliphatic rings. The molecule has 0 atom stereocenters. The van der Waals surface area contributed by atoms with Gasteiger partial charge in [-0.1, -0.05) is 26.7 Å². The summed E-state index contributed by atoms with van der Waals surface area (Å²) in [7, 11) is 0. The number of carbonyl (C=O) groups is 1. The first-order chi connectivity index (χ1) is 8.19. The molecule has 0 saturated heterocycles. The number of carbonyl (C=O) groups excluding carboxylic acids is 1. The van der Waals surface area contributed by atoms with Crippen LogP contribution in [0.3, 0.4) is 0 Å². The standard InChI is InChI=1S/C12H21N3OS/c1-3-5-7-15(8-6-4-2)11(16)10-9-17-12(13)14-10/h9H,3-8H2,1-2H3,(H2,13,14). The lowest BCUT2D eigenvalue weighted by Gasteiger charge is -2.21. The maximum absolute atomic E-state index is 12.2. The van der Waals surface area contributed by atoms with Crippen molar-refractivity contribution in [3.05, 3.63) is 11.1 Å². The predicted octanol–water partition coefficient (Wildman–Crippen LogP) is 2.77. The van der Waals surface area contributed by atoms with E-state index in [0.717, 1.165) is 38.8 Å². The van der Waals surface area contributed by atoms with Gasteiger partial charge in [0, 0.05) is 18.5 Å². The lowest BCUT2D eigenvalue weighted by Crippen LogP contribution is -2.33. The average molecular weight is 255 g/mol. The Labute approximate surface area is 107 Å². The summed E-state index contributed by atoms with van der Waals surface area (Å²) >= 11 is 1.32. The van der Waals surface area contributed by atoms with E-state index < -0.39 is 0 Å². The minimum absolute atomic E-state index is 0.0138. The predicted molar refractivity (Wildman–Crippen MR) is 72.2 cm³/mol. The zero-order valence-electron chi connectivity index (χ0n) is 10.6. The molecule has 0 spiro atoms. The van der Waals surface area contributed by atoms with E-state index in [1.807, 2.05) is 4.90 Å². The van der Waals surface area contributed by atoms with Crippen molar-refractivity contribution in [3.63, 3.8) is 0 Å². The van der Waals surface area contributed by atoms with Crippen molar-refractivity contribution in [2.75, 3.05) is 18.8 Å². The number of nitrogen functional groups attached to an aromatic ring is 1. The van der Waals surface area contributed by atoms with Gasteiger partial charge in [-0.2, -0.15) is 0 Å². The molecule has 0 unspecified atom stereocenters. The average Bonchev–Trinajstić information content (AvgIpc) is 2.75. The lowest BCUT2D eigenvalue weighted by atomic mass is 10.2. The number of hydrogen-bond donors (Lipinski definition) is 1. The smallest absolute Gasteiger partial charge is 0.273 e. The van der Waals surface area contributed by atoms with Gasteiger partial charge in [0.1, 0.15) is 5.69 Å². The largest absolute Gasteiger partial charge is 0.375 e. The number of nitrogens with zero attached hydrogens (tertiary/aromatic N) is 2. The monoisotopic (exact) mass is 255 g/mol. The number of hydrogen-bond acceptors (Lipinski definition) is 4. The van der Waals surface area contributed by atoms with Gasteiger partial charge in [0.25, 0.3) is 5.91 Å². The van der Waals surface area contributed by atoms with Crippen molar-refractivity contribution in [3.8, 4) is 0 Å². The fraction of sp³-hybridized carbons (Fsp3) is 0.667. The van der Waals surface area contributed by atoms with E-state index >= 15 is 0 Å². The van der Waals surface area contributed by atoms with E-state index in [4.69, 9.17) is 5.73 Å². The topological polar surface area (TPSA) is 59.2 Å². The molecule has 1 aromatic heterocycles. The number of anilines is 1. The molecule has 96 valence electrons. The second kappa shape index (κ2) is 7.27. The van der Waals surface area contributed by atoms with Crippen molar-refractivity contribution in [2.24, 2.45) is 0 Å². The Hall–Kier alpha value is -1.10. The van der Waals surface area contributed by atoms with E-state index in [-0.39, 0.29) is 5.91 Å². The number of nitrogens with two attached hydrogens (primary N) is 1. The van der Waals surface area contributed by atoms with Gasteiger partial charge >= 0.3 is 0 Å². The molecule has 0 bridgehead atoms. The maximum Gasteiger partial charge on any atom is 0.273 e. The Bertz CT molecular complexity index is 343. The molecular formula is C12H21N3OS. The number of amides is 1. The molecule has 4 nitrogen and oxygen atoms in total. The van der Waals surface area contributed by atoms with Crippen LogP contribution in [-0.4, -0.2) is 28.9 Å². The van der Waals surface area contributed by atoms with Gasteiger partial charge in [0.15, 0.2) is 5.13 Å². The quantitative estimate of drug-likeness (QED) is 0.815. The van der Waals surface area contributed by atoms with Crippen LogP contribution in [0, 0.1) is 0 Å². The molecule has 0 fully saturated rings. The van der Waals surface area contributed by atoms with Crippen LogP contribution in [0.1, 0.15) is 50.0 Å². The highest BCUT2D eigenvalue weighted by Gasteiger charge is 2.17. The van der Waals surface area contributed by atoms with Crippen LogP contribution < -0.4 is 5.73 Å². The van der Waals surface area contributed by atoms with Gasteiger partial charge in [-0.3, -0.25) is 4.79 Å². The number of thiazole rings is 1. The van der Waals surface area contributed by atoms with E-state index in [1.54, 1.807) is 5.38 Å². The fourth-order valence-electron chi connectivity index (χ4n) is 1.56. The van der Waals surface area contributed by atoms with Crippen molar-refractivity contribution in [1.82, 2.24) is 9.88 Å². The van der Waals surface area contributed by atoms with Crippen LogP contribution in [0.15, 0.2) is 5.38 Å². The number of unbranched alkanes of at least 4 members (excludes halogenated alkanes) is 2. The van der Waals surface area contributed by atoms with Gasteiger partial charge in [-0.05, 0) is 12.8 Å². The van der Waals surface area contributed by atoms with Gasteiger partial charge in [-0.15, -0.1) is 11.3 Å². The SMILES string of the molecule is CCCCN(CCCC)C(=O)c1csc(N)n1. The molecule has 1 aromatic rings. The van der Waals surface area contributed by atoms with Gasteiger partial charge in [0.2, 0.25) is 0 Å². The summed E-state index contributed by atoms with van der Waals surface area (Å²) in [5.41, 5.74) is 6.04. The molecule has 0 aromatic carbocycles. The Morgan fingerprint density at radius 3 is 2.35 bits per heavy atom. The normalized spacial score (nSPS) is 10.5. The van der Waals surface area contributed by atoms with Crippen molar-refractivity contribution in [2.45, 2.75) is 39.5 Å². The summed E-state index contributed by atoms with van der Waals surface area (Å²) in [6, 6.07) is 0. The van der Waals surface area contributed by atoms with Gasteiger partial charge in [-0.25, -0.2) is 4.98 Å². The summed E-state index contributed by atoms with van der Waals surface area (Å²) in [4.78, 5) is 18.1. The Morgan fingerprint density at radius 2 is 1.94 bits per heavy atom. The molecule has 5 heteroatoms. The second-order valence-electron chi connectivity index (χ2n) is 4.07. The first kappa shape index (κ1) is 14.0. The van der Waals surface area contributed by atoms with E-state index in [2.05, 4.69) is 18.8 Å². The maximum atomic E-state index is 12.2. The van der Waals surface area contributed by atoms with E-state index in [1.165, 1.54) is 11.3 Å². The third-order valence-electron chi connectivity index (χ3n) is 2.59. The third-order valence-corrected chi connectivity index (χ3v) is 3.27. The van der Waals surface area contributed by atoms with Crippen molar-refractivity contribution in [1.29, 1.82) is 0 Å². The number of aromatic nitrogens is 1. The summed E-state index contributed by atoms with van der Waals surface area (Å²) in [6.07, 6.45) is 4.26. The van der Waals surface area contributed by atoms with Crippen LogP contribution in [0.2, 0.25) is 0 Å². The molecule has 0 saturated carbocycles. The van der Waals surface area contributed by atoms with E-state index in [0.29, 0.717) is 10.8 Å². The molecule has 0 aliphatic heterocycles. The summed E-state index contributed by atoms with van der Waals surface area (Å²) in [5, 5.41) is 2.20. The first-order valence-electron chi connectivity index (χ1n) is 6.19. The van der Waals surface area contributed by atoms with E-state index in [9.17, 15) is 4.79 Å². The lowest BCUT2D eigenvalue weighted by molar-refractivity contribution is 0.0746. The molecule has 17 heavy (non-hydrogen) atoms. The highest BCUT2D eigenvalue weighted by molar-refractivity contribution is 7.13. The summed E-state index contributed by atoms with van der Waals surface area (Å²) in [6.45, 7) is 5.88. The van der Waals surface area contributed by atoms with Crippen LogP contribution >= 0.6 is 11.3 Å². The Kier molecular flexibility index (Phi) is 5.97. The highest BCUT2D eigenvalue weighted by atomic mass is 32.1. The first-order valence-corrected chi connectivity index (χ1v) is 7.07. The molecule has 1 amide bonds. The summed E-state index contributed by atoms with van der Waals surface area (Å²) in [5.74, 6) is 0.0138. The molecule has 1 heterocycles. The zero-order chi connectivity index (χ0) is 12.7. The third kappa shape index (κ3) is 4.34. The fourth-order valence-corrected chi connectivity index (χ4v) is 2.10. The Balaban J connectivity index is 2.64. The molecule has 2 N–H and O–H groups in total. The molecule has 0 radical (unpaired) electrons. The van der Waals surface area contributed by atoms with Crippen molar-refractivity contribution >= 4 is 22.4 Å². The van der Waals surface area contributed by atoms with Crippen LogP contribution in [0.4, 0.5) is 5.13 Å². The minimum atomic E-state index is 0.0138. The van der Waals surface area contributed by atoms with Crippen LogP contribution in [0.25, 0.3) is 0 Å². The van der Waals surface area contributed by atoms with Crippen molar-refractivity contribution < 1.29 is 4.79 Å². The minimum Gasteiger partial charge on any atom is -0.375 e. The van der Waals surface area contributed by atoms with Crippen LogP contribution in [0.5, 0.6) is 0 Å². The highest BCUT2D eigenvalue weighted by Crippen LogP contribution is 2.14. The van der Waals surface area contributed by atoms with Gasteiger partial charge < -0.3 is 10.6 Å². The summed E-state index contributed by atoms with van der Waals surface area (Å²) < 4.78 is 0. The Morgan fingerprint density at radius 1 is 1.35 bits per heavy atom.